The second-order valence-corrected chi connectivity index (χ2v) is 1.92. The van der Waals surface area contributed by atoms with Crippen molar-refractivity contribution >= 4 is 0 Å². The van der Waals surface area contributed by atoms with Gasteiger partial charge >= 0.3 is 0 Å². The molecule has 0 unspecified atom stereocenters. The maximum atomic E-state index is 2.95. The van der Waals surface area contributed by atoms with Gasteiger partial charge in [-0.15, -0.1) is 5.73 Å². The van der Waals surface area contributed by atoms with Gasteiger partial charge in [-0.05, 0) is 26.0 Å². The molecule has 0 N–H and O–H groups in total. The second-order valence-electron chi connectivity index (χ2n) is 1.92. The van der Waals surface area contributed by atoms with Crippen molar-refractivity contribution in [3.63, 3.8) is 0 Å². The summed E-state index contributed by atoms with van der Waals surface area (Å²) in [7, 11) is 0. The first-order valence-corrected chi connectivity index (χ1v) is 3.73. The van der Waals surface area contributed by atoms with E-state index in [9.17, 15) is 0 Å². The Balaban J connectivity index is 3.68. The Morgan fingerprint density at radius 2 is 1.45 bits per heavy atom. The molecule has 0 radical (unpaired) electrons. The van der Waals surface area contributed by atoms with Crippen LogP contribution in [0.15, 0.2) is 54.3 Å². The first kappa shape index (κ1) is 9.74. The van der Waals surface area contributed by atoms with Crippen LogP contribution in [0.2, 0.25) is 0 Å². The maximum Gasteiger partial charge on any atom is -0.0203 e. The zero-order chi connectivity index (χ0) is 8.36. The predicted octanol–water partition coefficient (Wildman–Crippen LogP) is 3.41. The predicted molar refractivity (Wildman–Crippen MR) is 51.4 cm³/mol. The molecule has 0 aromatic rings. The summed E-state index contributed by atoms with van der Waals surface area (Å²) in [4.78, 5) is 0. The van der Waals surface area contributed by atoms with Gasteiger partial charge in [-0.3, -0.25) is 0 Å². The summed E-state index contributed by atoms with van der Waals surface area (Å²) in [6.45, 7) is 3.94. The minimum Gasteiger partial charge on any atom is -0.125 e. The molecular weight excluding hydrogens is 132 g/mol. The number of hydrogen-bond donors (Lipinski definition) is 0. The molecule has 0 aliphatic rings. The Bertz CT molecular complexity index is 208. The highest BCUT2D eigenvalue weighted by Gasteiger charge is 1.58. The largest absolute Gasteiger partial charge is 0.125 e. The Labute approximate surface area is 68.9 Å². The van der Waals surface area contributed by atoms with E-state index in [1.165, 1.54) is 0 Å². The minimum absolute atomic E-state index is 1.88. The van der Waals surface area contributed by atoms with Gasteiger partial charge in [0.05, 0.1) is 0 Å². The zero-order valence-electron chi connectivity index (χ0n) is 7.12. The Morgan fingerprint density at radius 1 is 0.818 bits per heavy atom. The van der Waals surface area contributed by atoms with Gasteiger partial charge in [0.15, 0.2) is 0 Å². The van der Waals surface area contributed by atoms with Crippen molar-refractivity contribution in [3.8, 4) is 0 Å². The average Bonchev–Trinajstić information content (AvgIpc) is 2.03. The Hall–Kier alpha value is -1.26. The summed E-state index contributed by atoms with van der Waals surface area (Å²) < 4.78 is 0. The second kappa shape index (κ2) is 8.74. The smallest absolute Gasteiger partial charge is 0.0203 e. The molecule has 0 fully saturated rings. The van der Waals surface area contributed by atoms with E-state index in [-0.39, 0.29) is 0 Å². The van der Waals surface area contributed by atoms with E-state index in [1.54, 1.807) is 0 Å². The number of hydrogen-bond acceptors (Lipinski definition) is 0. The lowest BCUT2D eigenvalue weighted by atomic mass is 10.4. The summed E-state index contributed by atoms with van der Waals surface area (Å²) in [5, 5.41) is 0. The quantitative estimate of drug-likeness (QED) is 0.423. The molecule has 58 valence electrons. The molecule has 0 nitrogen and oxygen atoms in total. The summed E-state index contributed by atoms with van der Waals surface area (Å²) in [5.74, 6) is 0. The third-order valence-corrected chi connectivity index (χ3v) is 0.996. The van der Waals surface area contributed by atoms with Gasteiger partial charge in [-0.1, -0.05) is 36.5 Å². The molecule has 0 aliphatic carbocycles. The van der Waals surface area contributed by atoms with Crippen LogP contribution >= 0.6 is 0 Å². The molecule has 0 amide bonds. The van der Waals surface area contributed by atoms with Crippen molar-refractivity contribution in [3.05, 3.63) is 54.3 Å². The van der Waals surface area contributed by atoms with Crippen LogP contribution in [0, 0.1) is 0 Å². The highest BCUT2D eigenvalue weighted by molar-refractivity contribution is 5.14. The molecule has 0 heteroatoms. The van der Waals surface area contributed by atoms with Gasteiger partial charge < -0.3 is 0 Å². The van der Waals surface area contributed by atoms with Gasteiger partial charge in [0.1, 0.15) is 0 Å². The summed E-state index contributed by atoms with van der Waals surface area (Å²) in [6.07, 6.45) is 15.6. The zero-order valence-corrected chi connectivity index (χ0v) is 7.12. The molecule has 0 spiro atoms. The van der Waals surface area contributed by atoms with Gasteiger partial charge in [0, 0.05) is 0 Å². The lowest BCUT2D eigenvalue weighted by molar-refractivity contribution is 1.73. The van der Waals surface area contributed by atoms with Crippen LogP contribution in [0.25, 0.3) is 0 Å². The minimum atomic E-state index is 1.88. The van der Waals surface area contributed by atoms with Crippen LogP contribution in [0.1, 0.15) is 13.8 Å². The Kier molecular flexibility index (Phi) is 7.74. The Morgan fingerprint density at radius 3 is 2.09 bits per heavy atom. The van der Waals surface area contributed by atoms with Crippen LogP contribution < -0.4 is 0 Å². The van der Waals surface area contributed by atoms with E-state index < -0.39 is 0 Å². The SMILES string of the molecule is CC=C=CC=CC=CC=CC. The van der Waals surface area contributed by atoms with Gasteiger partial charge in [0.2, 0.25) is 0 Å². The normalized spacial score (nSPS) is 11.1. The van der Waals surface area contributed by atoms with Crippen LogP contribution in [0.4, 0.5) is 0 Å². The van der Waals surface area contributed by atoms with E-state index in [1.807, 2.05) is 62.5 Å². The fourth-order valence-corrected chi connectivity index (χ4v) is 0.511. The molecular formula is C11H14. The van der Waals surface area contributed by atoms with Crippen molar-refractivity contribution in [1.29, 1.82) is 0 Å². The van der Waals surface area contributed by atoms with Crippen molar-refractivity contribution in [2.75, 3.05) is 0 Å². The molecule has 0 aliphatic heterocycles. The molecule has 11 heavy (non-hydrogen) atoms. The molecule has 0 rings (SSSR count). The summed E-state index contributed by atoms with van der Waals surface area (Å²) in [5.41, 5.74) is 2.95. The molecule has 0 atom stereocenters. The molecule has 0 saturated carbocycles. The summed E-state index contributed by atoms with van der Waals surface area (Å²) in [6, 6.07) is 0. The fourth-order valence-electron chi connectivity index (χ4n) is 0.511. The van der Waals surface area contributed by atoms with Crippen LogP contribution in [-0.2, 0) is 0 Å². The molecule has 0 aromatic heterocycles. The van der Waals surface area contributed by atoms with E-state index >= 15 is 0 Å². The lowest BCUT2D eigenvalue weighted by Gasteiger charge is -1.70. The van der Waals surface area contributed by atoms with Gasteiger partial charge in [-0.25, -0.2) is 0 Å². The first-order chi connectivity index (χ1) is 5.41. The van der Waals surface area contributed by atoms with Crippen molar-refractivity contribution in [2.24, 2.45) is 0 Å². The van der Waals surface area contributed by atoms with E-state index in [0.717, 1.165) is 0 Å². The maximum absolute atomic E-state index is 2.95. The first-order valence-electron chi connectivity index (χ1n) is 3.73. The molecule has 0 saturated heterocycles. The highest BCUT2D eigenvalue weighted by atomic mass is 13.7. The van der Waals surface area contributed by atoms with E-state index in [2.05, 4.69) is 5.73 Å². The third-order valence-electron chi connectivity index (χ3n) is 0.996. The average molecular weight is 146 g/mol. The lowest BCUT2D eigenvalue weighted by Crippen LogP contribution is -1.48. The van der Waals surface area contributed by atoms with Gasteiger partial charge in [-0.2, -0.15) is 0 Å². The number of rotatable bonds is 3. The molecule has 0 heterocycles. The van der Waals surface area contributed by atoms with E-state index in [0.29, 0.717) is 0 Å². The van der Waals surface area contributed by atoms with Gasteiger partial charge in [0.25, 0.3) is 0 Å². The van der Waals surface area contributed by atoms with Crippen molar-refractivity contribution in [1.82, 2.24) is 0 Å². The van der Waals surface area contributed by atoms with Crippen LogP contribution in [0.3, 0.4) is 0 Å². The van der Waals surface area contributed by atoms with E-state index in [4.69, 9.17) is 0 Å². The van der Waals surface area contributed by atoms with Crippen molar-refractivity contribution in [2.45, 2.75) is 13.8 Å². The molecule has 0 bridgehead atoms. The standard InChI is InChI=1S/C11H14/c1-3-5-7-9-11-10-8-6-4-2/h3-5,7-11H,1-2H3. The van der Waals surface area contributed by atoms with Crippen LogP contribution in [-0.4, -0.2) is 0 Å². The fraction of sp³-hybridized carbons (Fsp3) is 0.182. The monoisotopic (exact) mass is 146 g/mol. The van der Waals surface area contributed by atoms with Crippen molar-refractivity contribution < 1.29 is 0 Å². The topological polar surface area (TPSA) is 0 Å². The summed E-state index contributed by atoms with van der Waals surface area (Å²) >= 11 is 0. The molecule has 0 aromatic carbocycles. The van der Waals surface area contributed by atoms with Crippen LogP contribution in [0.5, 0.6) is 0 Å². The third kappa shape index (κ3) is 8.74. The number of allylic oxidation sites excluding steroid dienone is 7. The highest BCUT2D eigenvalue weighted by Crippen LogP contribution is 1.80.